The molecular formula is C18H20ClNO5S. The van der Waals surface area contributed by atoms with Crippen molar-refractivity contribution in [1.29, 1.82) is 0 Å². The standard InChI is InChI=1S/C18H20ClNO5S/c1-12(2)25-14-6-4-5-13(9-14)11-20-26(22,23)15-7-8-17(19)16(10-15)18(21)24-3/h4-10,12,20H,11H2,1-3H3. The highest BCUT2D eigenvalue weighted by Gasteiger charge is 2.19. The van der Waals surface area contributed by atoms with Gasteiger partial charge in [0.1, 0.15) is 5.75 Å². The quantitative estimate of drug-likeness (QED) is 0.724. The number of halogens is 1. The summed E-state index contributed by atoms with van der Waals surface area (Å²) in [6.45, 7) is 3.90. The Morgan fingerprint density at radius 2 is 1.92 bits per heavy atom. The monoisotopic (exact) mass is 397 g/mol. The summed E-state index contributed by atoms with van der Waals surface area (Å²) in [6, 6.07) is 11.0. The van der Waals surface area contributed by atoms with Gasteiger partial charge in [0.15, 0.2) is 0 Å². The molecule has 0 aliphatic rings. The Bertz CT molecular complexity index is 896. The van der Waals surface area contributed by atoms with Crippen molar-refractivity contribution in [3.05, 3.63) is 58.6 Å². The SMILES string of the molecule is COC(=O)c1cc(S(=O)(=O)NCc2cccc(OC(C)C)c2)ccc1Cl. The van der Waals surface area contributed by atoms with Crippen LogP contribution in [-0.2, 0) is 21.3 Å². The fourth-order valence-electron chi connectivity index (χ4n) is 2.20. The zero-order valence-electron chi connectivity index (χ0n) is 14.7. The lowest BCUT2D eigenvalue weighted by Gasteiger charge is -2.12. The van der Waals surface area contributed by atoms with Crippen molar-refractivity contribution in [2.45, 2.75) is 31.4 Å². The van der Waals surface area contributed by atoms with Crippen LogP contribution < -0.4 is 9.46 Å². The number of sulfonamides is 1. The third-order valence-electron chi connectivity index (χ3n) is 3.39. The van der Waals surface area contributed by atoms with Gasteiger partial charge in [-0.3, -0.25) is 0 Å². The molecule has 140 valence electrons. The van der Waals surface area contributed by atoms with Gasteiger partial charge in [-0.2, -0.15) is 0 Å². The third kappa shape index (κ3) is 5.20. The van der Waals surface area contributed by atoms with Gasteiger partial charge >= 0.3 is 5.97 Å². The number of hydrogen-bond acceptors (Lipinski definition) is 5. The van der Waals surface area contributed by atoms with Gasteiger partial charge < -0.3 is 9.47 Å². The van der Waals surface area contributed by atoms with Crippen molar-refractivity contribution in [1.82, 2.24) is 4.72 Å². The highest BCUT2D eigenvalue weighted by atomic mass is 35.5. The van der Waals surface area contributed by atoms with Crippen LogP contribution in [0.15, 0.2) is 47.4 Å². The summed E-state index contributed by atoms with van der Waals surface area (Å²) in [5, 5.41) is 0.120. The number of carbonyl (C=O) groups excluding carboxylic acids is 1. The van der Waals surface area contributed by atoms with Crippen molar-refractivity contribution in [3.63, 3.8) is 0 Å². The lowest BCUT2D eigenvalue weighted by atomic mass is 10.2. The number of methoxy groups -OCH3 is 1. The number of esters is 1. The molecule has 0 spiro atoms. The topological polar surface area (TPSA) is 81.7 Å². The molecule has 0 saturated carbocycles. The fraction of sp³-hybridized carbons (Fsp3) is 0.278. The lowest BCUT2D eigenvalue weighted by molar-refractivity contribution is 0.0600. The van der Waals surface area contributed by atoms with E-state index in [2.05, 4.69) is 9.46 Å². The minimum absolute atomic E-state index is 0.00984. The highest BCUT2D eigenvalue weighted by molar-refractivity contribution is 7.89. The van der Waals surface area contributed by atoms with E-state index in [1.807, 2.05) is 13.8 Å². The normalized spacial score (nSPS) is 11.4. The number of carbonyl (C=O) groups is 1. The smallest absolute Gasteiger partial charge is 0.339 e. The van der Waals surface area contributed by atoms with Crippen LogP contribution in [0.1, 0.15) is 29.8 Å². The number of ether oxygens (including phenoxy) is 2. The van der Waals surface area contributed by atoms with E-state index in [0.717, 1.165) is 5.56 Å². The van der Waals surface area contributed by atoms with Crippen molar-refractivity contribution in [3.8, 4) is 5.75 Å². The summed E-state index contributed by atoms with van der Waals surface area (Å²) < 4.78 is 37.7. The Hall–Kier alpha value is -2.09. The number of benzene rings is 2. The number of rotatable bonds is 7. The van der Waals surface area contributed by atoms with Gasteiger partial charge in [-0.1, -0.05) is 23.7 Å². The molecule has 0 saturated heterocycles. The van der Waals surface area contributed by atoms with Crippen LogP contribution >= 0.6 is 11.6 Å². The van der Waals surface area contributed by atoms with E-state index in [1.54, 1.807) is 24.3 Å². The van der Waals surface area contributed by atoms with Crippen LogP contribution in [0.2, 0.25) is 5.02 Å². The highest BCUT2D eigenvalue weighted by Crippen LogP contribution is 2.22. The molecule has 0 aromatic heterocycles. The maximum Gasteiger partial charge on any atom is 0.339 e. The summed E-state index contributed by atoms with van der Waals surface area (Å²) in [6.07, 6.45) is 0.0211. The van der Waals surface area contributed by atoms with E-state index in [9.17, 15) is 13.2 Å². The van der Waals surface area contributed by atoms with Crippen molar-refractivity contribution in [2.24, 2.45) is 0 Å². The maximum atomic E-state index is 12.5. The average molecular weight is 398 g/mol. The van der Waals surface area contributed by atoms with E-state index in [-0.39, 0.29) is 28.1 Å². The lowest BCUT2D eigenvalue weighted by Crippen LogP contribution is -2.23. The minimum Gasteiger partial charge on any atom is -0.491 e. The van der Waals surface area contributed by atoms with E-state index < -0.39 is 16.0 Å². The average Bonchev–Trinajstić information content (AvgIpc) is 2.59. The van der Waals surface area contributed by atoms with Gasteiger partial charge in [-0.25, -0.2) is 17.9 Å². The molecule has 0 bridgehead atoms. The zero-order chi connectivity index (χ0) is 19.3. The van der Waals surface area contributed by atoms with Gasteiger partial charge in [0.05, 0.1) is 28.7 Å². The minimum atomic E-state index is -3.83. The summed E-state index contributed by atoms with van der Waals surface area (Å²) >= 11 is 5.92. The van der Waals surface area contributed by atoms with Crippen molar-refractivity contribution < 1.29 is 22.7 Å². The molecule has 0 fully saturated rings. The fourth-order valence-corrected chi connectivity index (χ4v) is 3.44. The maximum absolute atomic E-state index is 12.5. The van der Waals surface area contributed by atoms with Gasteiger partial charge in [-0.15, -0.1) is 0 Å². The molecule has 0 unspecified atom stereocenters. The van der Waals surface area contributed by atoms with Crippen LogP contribution in [0.4, 0.5) is 0 Å². The van der Waals surface area contributed by atoms with Crippen LogP contribution in [0, 0.1) is 0 Å². The first-order chi connectivity index (χ1) is 12.2. The Balaban J connectivity index is 2.18. The summed E-state index contributed by atoms with van der Waals surface area (Å²) in [4.78, 5) is 11.6. The van der Waals surface area contributed by atoms with Gasteiger partial charge in [0, 0.05) is 6.54 Å². The predicted octanol–water partition coefficient (Wildman–Crippen LogP) is 3.39. The Kier molecular flexibility index (Phi) is 6.63. The van der Waals surface area contributed by atoms with E-state index in [4.69, 9.17) is 16.3 Å². The van der Waals surface area contributed by atoms with Crippen LogP contribution in [0.5, 0.6) is 5.75 Å². The number of nitrogens with one attached hydrogen (secondary N) is 1. The molecular weight excluding hydrogens is 378 g/mol. The molecule has 26 heavy (non-hydrogen) atoms. The summed E-state index contributed by atoms with van der Waals surface area (Å²) in [7, 11) is -2.63. The molecule has 2 rings (SSSR count). The molecule has 0 aliphatic carbocycles. The molecule has 8 heteroatoms. The molecule has 0 atom stereocenters. The molecule has 2 aromatic rings. The second kappa shape index (κ2) is 8.53. The molecule has 0 amide bonds. The van der Waals surface area contributed by atoms with Gasteiger partial charge in [0.2, 0.25) is 10.0 Å². The molecule has 0 heterocycles. The summed E-state index contributed by atoms with van der Waals surface area (Å²) in [5.74, 6) is -0.0400. The first-order valence-corrected chi connectivity index (χ1v) is 9.72. The second-order valence-corrected chi connectivity index (χ2v) is 7.95. The zero-order valence-corrected chi connectivity index (χ0v) is 16.2. The van der Waals surface area contributed by atoms with E-state index in [0.29, 0.717) is 5.75 Å². The summed E-state index contributed by atoms with van der Waals surface area (Å²) in [5.41, 5.74) is 0.734. The van der Waals surface area contributed by atoms with Crippen LogP contribution in [0.3, 0.4) is 0 Å². The van der Waals surface area contributed by atoms with E-state index >= 15 is 0 Å². The van der Waals surface area contributed by atoms with Gasteiger partial charge in [0.25, 0.3) is 0 Å². The van der Waals surface area contributed by atoms with Crippen LogP contribution in [0.25, 0.3) is 0 Å². The Morgan fingerprint density at radius 3 is 2.58 bits per heavy atom. The number of hydrogen-bond donors (Lipinski definition) is 1. The molecule has 0 radical (unpaired) electrons. The van der Waals surface area contributed by atoms with E-state index in [1.165, 1.54) is 25.3 Å². The largest absolute Gasteiger partial charge is 0.491 e. The molecule has 2 aromatic carbocycles. The predicted molar refractivity (Wildman–Crippen MR) is 99.0 cm³/mol. The molecule has 6 nitrogen and oxygen atoms in total. The molecule has 0 aliphatic heterocycles. The van der Waals surface area contributed by atoms with Crippen molar-refractivity contribution >= 4 is 27.6 Å². The Morgan fingerprint density at radius 1 is 1.19 bits per heavy atom. The first kappa shape index (κ1) is 20.2. The second-order valence-electron chi connectivity index (χ2n) is 5.77. The Labute approximate surface area is 158 Å². The van der Waals surface area contributed by atoms with Crippen molar-refractivity contribution in [2.75, 3.05) is 7.11 Å². The molecule has 1 N–H and O–H groups in total. The third-order valence-corrected chi connectivity index (χ3v) is 5.12. The van der Waals surface area contributed by atoms with Gasteiger partial charge in [-0.05, 0) is 49.7 Å². The van der Waals surface area contributed by atoms with Crippen LogP contribution in [-0.4, -0.2) is 27.6 Å². The first-order valence-electron chi connectivity index (χ1n) is 7.86.